The summed E-state index contributed by atoms with van der Waals surface area (Å²) in [7, 11) is 0. The number of fused-ring (bicyclic) bond motifs is 1. The first kappa shape index (κ1) is 5.72. The minimum atomic E-state index is 0.694. The molecule has 1 saturated heterocycles. The van der Waals surface area contributed by atoms with E-state index >= 15 is 0 Å². The molecular formula is C8H15N. The molecule has 0 amide bonds. The molecule has 2 atom stereocenters. The van der Waals surface area contributed by atoms with E-state index in [4.69, 9.17) is 0 Å². The Balaban J connectivity index is 2.17. The normalized spacial score (nSPS) is 49.7. The SMILES string of the molecule is CC12CCC[C@H]1CNC2. The predicted octanol–water partition coefficient (Wildman–Crippen LogP) is 1.40. The van der Waals surface area contributed by atoms with Crippen LogP contribution in [0.2, 0.25) is 0 Å². The summed E-state index contributed by atoms with van der Waals surface area (Å²) < 4.78 is 0. The largest absolute Gasteiger partial charge is 0.316 e. The maximum absolute atomic E-state index is 3.46. The Kier molecular flexibility index (Phi) is 1.10. The average molecular weight is 125 g/mol. The zero-order valence-electron chi connectivity index (χ0n) is 6.11. The third-order valence-corrected chi connectivity index (χ3v) is 3.21. The van der Waals surface area contributed by atoms with Gasteiger partial charge in [-0.15, -0.1) is 0 Å². The molecule has 1 heteroatoms. The molecule has 0 radical (unpaired) electrons. The van der Waals surface area contributed by atoms with Gasteiger partial charge in [0.1, 0.15) is 0 Å². The van der Waals surface area contributed by atoms with Gasteiger partial charge in [-0.25, -0.2) is 0 Å². The van der Waals surface area contributed by atoms with Crippen LogP contribution >= 0.6 is 0 Å². The van der Waals surface area contributed by atoms with Gasteiger partial charge in [0.15, 0.2) is 0 Å². The molecule has 52 valence electrons. The van der Waals surface area contributed by atoms with E-state index in [2.05, 4.69) is 12.2 Å². The summed E-state index contributed by atoms with van der Waals surface area (Å²) in [5, 5.41) is 3.46. The van der Waals surface area contributed by atoms with Crippen molar-refractivity contribution in [3.05, 3.63) is 0 Å². The molecule has 2 rings (SSSR count). The monoisotopic (exact) mass is 125 g/mol. The number of hydrogen-bond donors (Lipinski definition) is 1. The Bertz CT molecular complexity index is 110. The second kappa shape index (κ2) is 1.72. The van der Waals surface area contributed by atoms with Crippen LogP contribution in [0.25, 0.3) is 0 Å². The van der Waals surface area contributed by atoms with Gasteiger partial charge >= 0.3 is 0 Å². The molecule has 1 nitrogen and oxygen atoms in total. The summed E-state index contributed by atoms with van der Waals surface area (Å²) in [6.45, 7) is 5.00. The van der Waals surface area contributed by atoms with Crippen molar-refractivity contribution in [1.82, 2.24) is 5.32 Å². The van der Waals surface area contributed by atoms with Crippen molar-refractivity contribution in [1.29, 1.82) is 0 Å². The molecule has 0 bridgehead atoms. The lowest BCUT2D eigenvalue weighted by Crippen LogP contribution is -2.20. The van der Waals surface area contributed by atoms with E-state index in [1.165, 1.54) is 32.4 Å². The molecule has 2 fully saturated rings. The van der Waals surface area contributed by atoms with Crippen LogP contribution in [0.3, 0.4) is 0 Å². The number of nitrogens with one attached hydrogen (secondary N) is 1. The van der Waals surface area contributed by atoms with Gasteiger partial charge < -0.3 is 5.32 Å². The smallest absolute Gasteiger partial charge is 0.000841 e. The predicted molar refractivity (Wildman–Crippen MR) is 38.3 cm³/mol. The number of rotatable bonds is 0. The topological polar surface area (TPSA) is 12.0 Å². The zero-order chi connectivity index (χ0) is 6.32. The summed E-state index contributed by atoms with van der Waals surface area (Å²) in [6, 6.07) is 0. The first-order valence-corrected chi connectivity index (χ1v) is 4.02. The quantitative estimate of drug-likeness (QED) is 0.516. The van der Waals surface area contributed by atoms with Gasteiger partial charge in [-0.1, -0.05) is 13.3 Å². The van der Waals surface area contributed by atoms with Crippen LogP contribution in [0, 0.1) is 11.3 Å². The molecule has 9 heavy (non-hydrogen) atoms. The lowest BCUT2D eigenvalue weighted by Gasteiger charge is -2.21. The lowest BCUT2D eigenvalue weighted by atomic mass is 9.83. The third-order valence-electron chi connectivity index (χ3n) is 3.21. The average Bonchev–Trinajstić information content (AvgIpc) is 2.22. The van der Waals surface area contributed by atoms with Gasteiger partial charge in [0.2, 0.25) is 0 Å². The lowest BCUT2D eigenvalue weighted by molar-refractivity contribution is 0.306. The summed E-state index contributed by atoms with van der Waals surface area (Å²) in [6.07, 6.45) is 4.41. The summed E-state index contributed by atoms with van der Waals surface area (Å²) in [5.74, 6) is 1.01. The Morgan fingerprint density at radius 1 is 1.56 bits per heavy atom. The van der Waals surface area contributed by atoms with E-state index in [9.17, 15) is 0 Å². The van der Waals surface area contributed by atoms with Gasteiger partial charge in [-0.05, 0) is 30.7 Å². The van der Waals surface area contributed by atoms with Crippen LogP contribution < -0.4 is 5.32 Å². The van der Waals surface area contributed by atoms with Crippen LogP contribution in [0.4, 0.5) is 0 Å². The van der Waals surface area contributed by atoms with Crippen LogP contribution in [0.15, 0.2) is 0 Å². The number of hydrogen-bond acceptors (Lipinski definition) is 1. The Hall–Kier alpha value is -0.0400. The first-order chi connectivity index (χ1) is 4.31. The molecule has 1 saturated carbocycles. The second-order valence-electron chi connectivity index (χ2n) is 3.87. The molecule has 0 spiro atoms. The highest BCUT2D eigenvalue weighted by atomic mass is 14.9. The molecule has 0 aromatic heterocycles. The van der Waals surface area contributed by atoms with E-state index in [0.29, 0.717) is 5.41 Å². The van der Waals surface area contributed by atoms with Crippen molar-refractivity contribution in [2.45, 2.75) is 26.2 Å². The molecule has 1 unspecified atom stereocenters. The fraction of sp³-hybridized carbons (Fsp3) is 1.00. The Labute approximate surface area is 56.8 Å². The van der Waals surface area contributed by atoms with E-state index in [0.717, 1.165) is 5.92 Å². The van der Waals surface area contributed by atoms with Crippen molar-refractivity contribution in [2.24, 2.45) is 11.3 Å². The van der Waals surface area contributed by atoms with Gasteiger partial charge in [-0.3, -0.25) is 0 Å². The standard InChI is InChI=1S/C8H15N/c1-8-4-2-3-7(8)5-9-6-8/h7,9H,2-6H2,1H3/t7-,8?/m0/s1. The molecule has 1 heterocycles. The molecule has 1 aliphatic heterocycles. The highest BCUT2D eigenvalue weighted by Gasteiger charge is 2.41. The van der Waals surface area contributed by atoms with Crippen LogP contribution in [0.5, 0.6) is 0 Å². The maximum atomic E-state index is 3.46. The molecule has 0 aromatic carbocycles. The molecule has 2 aliphatic rings. The van der Waals surface area contributed by atoms with Gasteiger partial charge in [0, 0.05) is 6.54 Å². The highest BCUT2D eigenvalue weighted by Crippen LogP contribution is 2.44. The minimum absolute atomic E-state index is 0.694. The molecular weight excluding hydrogens is 110 g/mol. The maximum Gasteiger partial charge on any atom is 0.000841 e. The van der Waals surface area contributed by atoms with Gasteiger partial charge in [0.05, 0.1) is 0 Å². The fourth-order valence-electron chi connectivity index (χ4n) is 2.42. The van der Waals surface area contributed by atoms with Gasteiger partial charge in [-0.2, -0.15) is 0 Å². The van der Waals surface area contributed by atoms with E-state index in [1.54, 1.807) is 0 Å². The van der Waals surface area contributed by atoms with Crippen molar-refractivity contribution >= 4 is 0 Å². The second-order valence-corrected chi connectivity index (χ2v) is 3.87. The van der Waals surface area contributed by atoms with Crippen LogP contribution in [-0.4, -0.2) is 13.1 Å². The zero-order valence-corrected chi connectivity index (χ0v) is 6.11. The van der Waals surface area contributed by atoms with Crippen molar-refractivity contribution in [3.63, 3.8) is 0 Å². The van der Waals surface area contributed by atoms with E-state index < -0.39 is 0 Å². The summed E-state index contributed by atoms with van der Waals surface area (Å²) >= 11 is 0. The first-order valence-electron chi connectivity index (χ1n) is 4.02. The van der Waals surface area contributed by atoms with Crippen molar-refractivity contribution < 1.29 is 0 Å². The summed E-state index contributed by atoms with van der Waals surface area (Å²) in [4.78, 5) is 0. The van der Waals surface area contributed by atoms with Crippen LogP contribution in [-0.2, 0) is 0 Å². The summed E-state index contributed by atoms with van der Waals surface area (Å²) in [5.41, 5.74) is 0.694. The van der Waals surface area contributed by atoms with E-state index in [-0.39, 0.29) is 0 Å². The Morgan fingerprint density at radius 3 is 3.22 bits per heavy atom. The molecule has 1 aliphatic carbocycles. The highest BCUT2D eigenvalue weighted by molar-refractivity contribution is 4.95. The molecule has 1 N–H and O–H groups in total. The fourth-order valence-corrected chi connectivity index (χ4v) is 2.42. The van der Waals surface area contributed by atoms with Crippen LogP contribution in [0.1, 0.15) is 26.2 Å². The Morgan fingerprint density at radius 2 is 2.44 bits per heavy atom. The van der Waals surface area contributed by atoms with E-state index in [1.807, 2.05) is 0 Å². The third kappa shape index (κ3) is 0.710. The van der Waals surface area contributed by atoms with Crippen molar-refractivity contribution in [2.75, 3.05) is 13.1 Å². The molecule has 0 aromatic rings. The van der Waals surface area contributed by atoms with Crippen molar-refractivity contribution in [3.8, 4) is 0 Å². The van der Waals surface area contributed by atoms with Gasteiger partial charge in [0.25, 0.3) is 0 Å². The minimum Gasteiger partial charge on any atom is -0.316 e.